The number of halogens is 2. The largest absolute Gasteiger partial charge is 0.366 e. The van der Waals surface area contributed by atoms with Gasteiger partial charge in [0.2, 0.25) is 10.0 Å². The van der Waals surface area contributed by atoms with E-state index in [1.165, 1.54) is 6.20 Å². The van der Waals surface area contributed by atoms with E-state index >= 15 is 0 Å². The Hall–Kier alpha value is -2.73. The molecule has 5 rings (SSSR count). The molecular formula is C22H26F2N8O2S2. The molecule has 4 heterocycles. The molecule has 0 amide bonds. The Morgan fingerprint density at radius 1 is 1.33 bits per heavy atom. The average molecular weight is 537 g/mol. The third-order valence-electron chi connectivity index (χ3n) is 6.61. The normalized spacial score (nSPS) is 25.9. The van der Waals surface area contributed by atoms with E-state index in [0.29, 0.717) is 42.1 Å². The van der Waals surface area contributed by atoms with Gasteiger partial charge in [-0.3, -0.25) is 4.40 Å². The summed E-state index contributed by atoms with van der Waals surface area (Å²) in [5.41, 5.74) is -0.142. The van der Waals surface area contributed by atoms with Gasteiger partial charge in [0, 0.05) is 30.9 Å². The summed E-state index contributed by atoms with van der Waals surface area (Å²) in [6.07, 6.45) is 0.628. The molecule has 2 fully saturated rings. The zero-order valence-corrected chi connectivity index (χ0v) is 21.8. The van der Waals surface area contributed by atoms with Crippen molar-refractivity contribution < 1.29 is 17.2 Å². The fourth-order valence-electron chi connectivity index (χ4n) is 4.88. The first-order valence-electron chi connectivity index (χ1n) is 11.4. The summed E-state index contributed by atoms with van der Waals surface area (Å²) in [5, 5.41) is 20.2. The zero-order valence-electron chi connectivity index (χ0n) is 20.2. The summed E-state index contributed by atoms with van der Waals surface area (Å²) in [7, 11) is -4.10. The number of alkyl halides is 2. The van der Waals surface area contributed by atoms with Crippen molar-refractivity contribution in [1.82, 2.24) is 29.6 Å². The maximum absolute atomic E-state index is 13.5. The standard InChI is InChI=1S/C22H26F2N8O2S2/c1-12-6-22(12,10-25)30-36(33,34)14-5-15(31-8-13(2)27-21(3,4)11-31)16-7-26-18(32(16)9-14)20-29-28-19(35-20)17(23)24/h5,7,9,12-13,17,27,30H,6,8,11H2,1-4H3. The lowest BCUT2D eigenvalue weighted by Crippen LogP contribution is -2.61. The molecule has 36 heavy (non-hydrogen) atoms. The van der Waals surface area contributed by atoms with Gasteiger partial charge in [-0.05, 0) is 39.2 Å². The van der Waals surface area contributed by atoms with Gasteiger partial charge in [-0.15, -0.1) is 10.2 Å². The number of imidazole rings is 1. The van der Waals surface area contributed by atoms with Crippen LogP contribution in [0.25, 0.3) is 16.3 Å². The highest BCUT2D eigenvalue weighted by molar-refractivity contribution is 7.89. The molecule has 1 saturated heterocycles. The third-order valence-corrected chi connectivity index (χ3v) is 9.01. The summed E-state index contributed by atoms with van der Waals surface area (Å²) in [4.78, 5) is 6.44. The Kier molecular flexibility index (Phi) is 5.82. The number of nitrogens with one attached hydrogen (secondary N) is 2. The van der Waals surface area contributed by atoms with Crippen LogP contribution in [0.1, 0.15) is 45.5 Å². The van der Waals surface area contributed by atoms with E-state index in [-0.39, 0.29) is 33.2 Å². The molecule has 0 bridgehead atoms. The number of anilines is 1. The highest BCUT2D eigenvalue weighted by Gasteiger charge is 2.54. The fraction of sp³-hybridized carbons (Fsp3) is 0.545. The molecule has 192 valence electrons. The van der Waals surface area contributed by atoms with Crippen LogP contribution >= 0.6 is 11.3 Å². The van der Waals surface area contributed by atoms with Gasteiger partial charge < -0.3 is 10.2 Å². The van der Waals surface area contributed by atoms with Crippen molar-refractivity contribution in [3.05, 3.63) is 23.5 Å². The Bertz CT molecular complexity index is 1480. The van der Waals surface area contributed by atoms with Crippen LogP contribution in [0.5, 0.6) is 0 Å². The van der Waals surface area contributed by atoms with E-state index < -0.39 is 27.0 Å². The summed E-state index contributed by atoms with van der Waals surface area (Å²) in [6.45, 7) is 9.20. The van der Waals surface area contributed by atoms with Gasteiger partial charge in [-0.2, -0.15) is 9.98 Å². The van der Waals surface area contributed by atoms with E-state index in [1.807, 2.05) is 13.8 Å². The number of fused-ring (bicyclic) bond motifs is 1. The number of nitrogens with zero attached hydrogens (tertiary/aromatic N) is 6. The van der Waals surface area contributed by atoms with E-state index in [2.05, 4.69) is 50.0 Å². The maximum atomic E-state index is 13.5. The molecule has 10 nitrogen and oxygen atoms in total. The Labute approximate surface area is 211 Å². The van der Waals surface area contributed by atoms with E-state index in [1.54, 1.807) is 16.7 Å². The summed E-state index contributed by atoms with van der Waals surface area (Å²) < 4.78 is 57.4. The van der Waals surface area contributed by atoms with Crippen molar-refractivity contribution in [3.8, 4) is 16.9 Å². The van der Waals surface area contributed by atoms with Crippen LogP contribution in [0.4, 0.5) is 14.5 Å². The van der Waals surface area contributed by atoms with Crippen LogP contribution < -0.4 is 14.9 Å². The number of rotatable bonds is 6. The zero-order chi connectivity index (χ0) is 26.0. The molecule has 3 unspecified atom stereocenters. The van der Waals surface area contributed by atoms with E-state index in [0.717, 1.165) is 0 Å². The Morgan fingerprint density at radius 3 is 2.64 bits per heavy atom. The molecule has 0 radical (unpaired) electrons. The molecule has 0 spiro atoms. The smallest absolute Gasteiger partial charge is 0.291 e. The van der Waals surface area contributed by atoms with E-state index in [9.17, 15) is 22.5 Å². The molecule has 14 heteroatoms. The number of hydrogen-bond donors (Lipinski definition) is 2. The lowest BCUT2D eigenvalue weighted by molar-refractivity contribution is 0.150. The van der Waals surface area contributed by atoms with Crippen molar-refractivity contribution in [2.45, 2.75) is 62.6 Å². The van der Waals surface area contributed by atoms with Gasteiger partial charge >= 0.3 is 0 Å². The van der Waals surface area contributed by atoms with Gasteiger partial charge in [-0.25, -0.2) is 22.2 Å². The molecule has 2 aliphatic rings. The van der Waals surface area contributed by atoms with Crippen LogP contribution in [0.15, 0.2) is 23.4 Å². The molecule has 2 N–H and O–H groups in total. The second kappa shape index (κ2) is 8.41. The predicted octanol–water partition coefficient (Wildman–Crippen LogP) is 2.95. The molecule has 1 aliphatic carbocycles. The Morgan fingerprint density at radius 2 is 2.06 bits per heavy atom. The number of pyridine rings is 1. The van der Waals surface area contributed by atoms with Gasteiger partial charge in [0.1, 0.15) is 10.4 Å². The lowest BCUT2D eigenvalue weighted by atomic mass is 9.98. The highest BCUT2D eigenvalue weighted by atomic mass is 32.2. The fourth-order valence-corrected chi connectivity index (χ4v) is 7.01. The SMILES string of the molecule is CC1CN(c2cc(S(=O)(=O)NC3(C#N)CC3C)cn3c(-c4nnc(C(F)F)s4)ncc23)CC(C)(C)N1. The van der Waals surface area contributed by atoms with Crippen LogP contribution in [0, 0.1) is 17.2 Å². The van der Waals surface area contributed by atoms with E-state index in [4.69, 9.17) is 0 Å². The van der Waals surface area contributed by atoms with Gasteiger partial charge in [0.25, 0.3) is 6.43 Å². The number of aromatic nitrogens is 4. The van der Waals surface area contributed by atoms with Crippen molar-refractivity contribution in [2.75, 3.05) is 18.0 Å². The van der Waals surface area contributed by atoms with Gasteiger partial charge in [-0.1, -0.05) is 18.3 Å². The third kappa shape index (κ3) is 4.34. The van der Waals surface area contributed by atoms with Crippen LogP contribution in [0.2, 0.25) is 0 Å². The monoisotopic (exact) mass is 536 g/mol. The van der Waals surface area contributed by atoms with Crippen LogP contribution in [-0.4, -0.2) is 58.2 Å². The molecule has 3 atom stereocenters. The minimum atomic E-state index is -4.10. The summed E-state index contributed by atoms with van der Waals surface area (Å²) >= 11 is 0.705. The van der Waals surface area contributed by atoms with Crippen molar-refractivity contribution in [3.63, 3.8) is 0 Å². The van der Waals surface area contributed by atoms with Crippen molar-refractivity contribution in [1.29, 1.82) is 5.26 Å². The van der Waals surface area contributed by atoms with Crippen LogP contribution in [-0.2, 0) is 10.0 Å². The molecule has 1 saturated carbocycles. The molecule has 3 aromatic rings. The van der Waals surface area contributed by atoms with Gasteiger partial charge in [0.05, 0.1) is 23.5 Å². The molecule has 1 aliphatic heterocycles. The number of nitriles is 1. The van der Waals surface area contributed by atoms with Crippen molar-refractivity contribution in [2.24, 2.45) is 5.92 Å². The molecular weight excluding hydrogens is 510 g/mol. The molecule has 3 aromatic heterocycles. The lowest BCUT2D eigenvalue weighted by Gasteiger charge is -2.44. The maximum Gasteiger partial charge on any atom is 0.291 e. The Balaban J connectivity index is 1.67. The predicted molar refractivity (Wildman–Crippen MR) is 130 cm³/mol. The number of sulfonamides is 1. The second-order valence-electron chi connectivity index (χ2n) is 10.2. The van der Waals surface area contributed by atoms with Crippen LogP contribution in [0.3, 0.4) is 0 Å². The molecule has 0 aromatic carbocycles. The quantitative estimate of drug-likeness (QED) is 0.492. The minimum Gasteiger partial charge on any atom is -0.366 e. The topological polar surface area (TPSA) is 128 Å². The number of hydrogen-bond acceptors (Lipinski definition) is 9. The average Bonchev–Trinajstić information content (AvgIpc) is 3.14. The second-order valence-corrected chi connectivity index (χ2v) is 12.9. The minimum absolute atomic E-state index is 0.0550. The first-order valence-corrected chi connectivity index (χ1v) is 13.7. The number of piperazine rings is 1. The first-order chi connectivity index (χ1) is 16.8. The summed E-state index contributed by atoms with van der Waals surface area (Å²) in [5.74, 6) is 0.109. The summed E-state index contributed by atoms with van der Waals surface area (Å²) in [6, 6.07) is 3.80. The highest BCUT2D eigenvalue weighted by Crippen LogP contribution is 2.44. The van der Waals surface area contributed by atoms with Crippen molar-refractivity contribution >= 4 is 32.6 Å². The van der Waals surface area contributed by atoms with Gasteiger partial charge in [0.15, 0.2) is 15.8 Å². The first kappa shape index (κ1) is 24.9.